The van der Waals surface area contributed by atoms with Gasteiger partial charge in [-0.15, -0.1) is 12.4 Å². The standard InChI is InChI=1S/C25H30FNO3.ClH/c1-3-30-23-13-20-16-25(26,24(28)21(20)14-22(23)29-2)15-18-9-11-27(12-10-18)17-19-7-5-4-6-8-19;/h4-8,13-14,18H,3,9-12,15-17H2,1-2H3;1H. The highest BCUT2D eigenvalue weighted by Gasteiger charge is 2.48. The Bertz CT molecular complexity index is 899. The van der Waals surface area contributed by atoms with Crippen molar-refractivity contribution in [2.45, 2.75) is 44.8 Å². The number of Topliss-reactive ketones (excluding diaryl/α,β-unsaturated/α-hetero) is 1. The number of rotatable bonds is 7. The lowest BCUT2D eigenvalue weighted by atomic mass is 9.83. The second-order valence-electron chi connectivity index (χ2n) is 8.47. The maximum absolute atomic E-state index is 15.8. The minimum absolute atomic E-state index is 0. The summed E-state index contributed by atoms with van der Waals surface area (Å²) < 4.78 is 26.8. The summed E-state index contributed by atoms with van der Waals surface area (Å²) in [7, 11) is 1.54. The van der Waals surface area contributed by atoms with Crippen LogP contribution in [0.4, 0.5) is 4.39 Å². The van der Waals surface area contributed by atoms with E-state index in [9.17, 15) is 4.79 Å². The van der Waals surface area contributed by atoms with Gasteiger partial charge in [0.1, 0.15) is 0 Å². The highest BCUT2D eigenvalue weighted by molar-refractivity contribution is 6.07. The lowest BCUT2D eigenvalue weighted by Gasteiger charge is -2.34. The summed E-state index contributed by atoms with van der Waals surface area (Å²) in [5, 5.41) is 0. The number of benzene rings is 2. The molecule has 2 aromatic rings. The smallest absolute Gasteiger partial charge is 0.200 e. The largest absolute Gasteiger partial charge is 0.493 e. The lowest BCUT2D eigenvalue weighted by Crippen LogP contribution is -2.38. The van der Waals surface area contributed by atoms with Gasteiger partial charge in [0.25, 0.3) is 0 Å². The zero-order chi connectivity index (χ0) is 21.1. The lowest BCUT2D eigenvalue weighted by molar-refractivity contribution is 0.0587. The molecule has 1 aliphatic carbocycles. The summed E-state index contributed by atoms with van der Waals surface area (Å²) in [6.07, 6.45) is 2.28. The molecule has 0 saturated carbocycles. The number of likely N-dealkylation sites (tertiary alicyclic amines) is 1. The number of ketones is 1. The van der Waals surface area contributed by atoms with E-state index in [4.69, 9.17) is 9.47 Å². The van der Waals surface area contributed by atoms with Crippen molar-refractivity contribution in [3.8, 4) is 11.5 Å². The molecule has 0 amide bonds. The zero-order valence-corrected chi connectivity index (χ0v) is 19.1. The van der Waals surface area contributed by atoms with E-state index in [1.807, 2.05) is 13.0 Å². The van der Waals surface area contributed by atoms with Crippen LogP contribution < -0.4 is 9.47 Å². The van der Waals surface area contributed by atoms with E-state index in [1.54, 1.807) is 12.1 Å². The third-order valence-corrected chi connectivity index (χ3v) is 6.38. The zero-order valence-electron chi connectivity index (χ0n) is 18.2. The summed E-state index contributed by atoms with van der Waals surface area (Å²) in [6.45, 7) is 5.20. The summed E-state index contributed by atoms with van der Waals surface area (Å²) in [5.41, 5.74) is 0.663. The van der Waals surface area contributed by atoms with E-state index in [0.717, 1.165) is 38.0 Å². The number of alkyl halides is 1. The molecule has 1 atom stereocenters. The molecule has 0 aromatic heterocycles. The van der Waals surface area contributed by atoms with Crippen LogP contribution in [0.2, 0.25) is 0 Å². The number of halogens is 2. The summed E-state index contributed by atoms with van der Waals surface area (Å²) in [4.78, 5) is 15.4. The first-order valence-corrected chi connectivity index (χ1v) is 10.9. The minimum atomic E-state index is -1.82. The molecule has 2 aromatic carbocycles. The fraction of sp³-hybridized carbons (Fsp3) is 0.480. The second kappa shape index (κ2) is 10.0. The predicted octanol–water partition coefficient (Wildman–Crippen LogP) is 5.27. The van der Waals surface area contributed by atoms with Gasteiger partial charge in [-0.2, -0.15) is 0 Å². The molecule has 4 rings (SSSR count). The Morgan fingerprint density at radius 2 is 1.84 bits per heavy atom. The van der Waals surface area contributed by atoms with Gasteiger partial charge in [0.2, 0.25) is 5.78 Å². The molecule has 0 N–H and O–H groups in total. The van der Waals surface area contributed by atoms with E-state index >= 15 is 4.39 Å². The average molecular weight is 448 g/mol. The molecule has 6 heteroatoms. The van der Waals surface area contributed by atoms with Crippen LogP contribution in [0.15, 0.2) is 42.5 Å². The second-order valence-corrected chi connectivity index (χ2v) is 8.47. The summed E-state index contributed by atoms with van der Waals surface area (Å²) in [6, 6.07) is 13.9. The maximum atomic E-state index is 15.8. The van der Waals surface area contributed by atoms with Crippen LogP contribution in [0.25, 0.3) is 0 Å². The molecule has 1 unspecified atom stereocenters. The highest BCUT2D eigenvalue weighted by Crippen LogP contribution is 2.43. The first kappa shape index (κ1) is 23.6. The van der Waals surface area contributed by atoms with Crippen LogP contribution in [-0.4, -0.2) is 43.2 Å². The molecule has 0 bridgehead atoms. The van der Waals surface area contributed by atoms with Gasteiger partial charge < -0.3 is 9.47 Å². The average Bonchev–Trinajstić information content (AvgIpc) is 2.99. The molecular formula is C25H31ClFNO3. The molecule has 1 heterocycles. The van der Waals surface area contributed by atoms with Crippen LogP contribution in [0.1, 0.15) is 47.7 Å². The number of ether oxygens (including phenoxy) is 2. The van der Waals surface area contributed by atoms with E-state index < -0.39 is 11.5 Å². The summed E-state index contributed by atoms with van der Waals surface area (Å²) in [5.74, 6) is 0.895. The van der Waals surface area contributed by atoms with Crippen molar-refractivity contribution in [3.63, 3.8) is 0 Å². The van der Waals surface area contributed by atoms with E-state index in [0.29, 0.717) is 30.1 Å². The quantitative estimate of drug-likeness (QED) is 0.580. The Kier molecular flexibility index (Phi) is 7.60. The monoisotopic (exact) mass is 447 g/mol. The highest BCUT2D eigenvalue weighted by atomic mass is 35.5. The number of fused-ring (bicyclic) bond motifs is 1. The normalized spacial score (nSPS) is 21.5. The third kappa shape index (κ3) is 5.04. The van der Waals surface area contributed by atoms with Crippen LogP contribution in [-0.2, 0) is 13.0 Å². The topological polar surface area (TPSA) is 38.8 Å². The van der Waals surface area contributed by atoms with E-state index in [1.165, 1.54) is 12.7 Å². The maximum Gasteiger partial charge on any atom is 0.200 e. The number of methoxy groups -OCH3 is 1. The number of hydrogen-bond donors (Lipinski definition) is 0. The molecule has 31 heavy (non-hydrogen) atoms. The first-order valence-electron chi connectivity index (χ1n) is 10.9. The number of nitrogens with zero attached hydrogens (tertiary/aromatic N) is 1. The fourth-order valence-electron chi connectivity index (χ4n) is 4.82. The first-order chi connectivity index (χ1) is 14.5. The molecular weight excluding hydrogens is 417 g/mol. The van der Waals surface area contributed by atoms with Gasteiger partial charge in [-0.1, -0.05) is 30.3 Å². The van der Waals surface area contributed by atoms with Crippen molar-refractivity contribution in [2.75, 3.05) is 26.8 Å². The van der Waals surface area contributed by atoms with Crippen LogP contribution in [0.3, 0.4) is 0 Å². The van der Waals surface area contributed by atoms with Crippen LogP contribution in [0.5, 0.6) is 11.5 Å². The molecule has 0 radical (unpaired) electrons. The summed E-state index contributed by atoms with van der Waals surface area (Å²) >= 11 is 0. The van der Waals surface area contributed by atoms with Gasteiger partial charge in [-0.25, -0.2) is 4.39 Å². The number of piperidine rings is 1. The minimum Gasteiger partial charge on any atom is -0.493 e. The Labute approximate surface area is 190 Å². The SMILES string of the molecule is CCOc1cc2c(cc1OC)C(=O)C(F)(CC1CCN(Cc3ccccc3)CC1)C2.Cl. The van der Waals surface area contributed by atoms with Crippen molar-refractivity contribution >= 4 is 18.2 Å². The number of carbonyl (C=O) groups is 1. The molecule has 4 nitrogen and oxygen atoms in total. The number of carbonyl (C=O) groups excluding carboxylic acids is 1. The Hall–Kier alpha value is -2.11. The van der Waals surface area contributed by atoms with E-state index in [-0.39, 0.29) is 24.7 Å². The Morgan fingerprint density at radius 1 is 1.13 bits per heavy atom. The van der Waals surface area contributed by atoms with Crippen molar-refractivity contribution in [3.05, 3.63) is 59.2 Å². The van der Waals surface area contributed by atoms with E-state index in [2.05, 4.69) is 29.2 Å². The van der Waals surface area contributed by atoms with Crippen LogP contribution in [0, 0.1) is 5.92 Å². The fourth-order valence-corrected chi connectivity index (χ4v) is 4.82. The van der Waals surface area contributed by atoms with Crippen molar-refractivity contribution in [1.82, 2.24) is 4.90 Å². The van der Waals surface area contributed by atoms with Gasteiger partial charge in [0.15, 0.2) is 17.2 Å². The van der Waals surface area contributed by atoms with Gasteiger partial charge in [-0.05, 0) is 68.5 Å². The van der Waals surface area contributed by atoms with Gasteiger partial charge in [0.05, 0.1) is 13.7 Å². The molecule has 1 fully saturated rings. The van der Waals surface area contributed by atoms with Gasteiger partial charge in [0, 0.05) is 18.5 Å². The molecule has 1 saturated heterocycles. The van der Waals surface area contributed by atoms with Crippen molar-refractivity contribution < 1.29 is 18.7 Å². The van der Waals surface area contributed by atoms with Crippen molar-refractivity contribution in [1.29, 1.82) is 0 Å². The predicted molar refractivity (Wildman–Crippen MR) is 122 cm³/mol. The third-order valence-electron chi connectivity index (χ3n) is 6.38. The van der Waals surface area contributed by atoms with Gasteiger partial charge in [-0.3, -0.25) is 9.69 Å². The van der Waals surface area contributed by atoms with Crippen LogP contribution >= 0.6 is 12.4 Å². The molecule has 2 aliphatic rings. The van der Waals surface area contributed by atoms with Gasteiger partial charge >= 0.3 is 0 Å². The Morgan fingerprint density at radius 3 is 2.48 bits per heavy atom. The molecule has 168 valence electrons. The van der Waals surface area contributed by atoms with Crippen molar-refractivity contribution in [2.24, 2.45) is 5.92 Å². The Balaban J connectivity index is 0.00000272. The molecule has 1 aliphatic heterocycles. The number of hydrogen-bond acceptors (Lipinski definition) is 4. The molecule has 0 spiro atoms.